The van der Waals surface area contributed by atoms with Crippen LogP contribution < -0.4 is 16.0 Å². The van der Waals surface area contributed by atoms with Gasteiger partial charge in [-0.3, -0.25) is 14.4 Å². The standard InChI is InChI=1S/C30H46N4O4/c1-21(2)29-30(38)31-17-13-9-7-5-3-4-6-8-10-16-27(36)33-25(26(35)19-28(37)34-29)18-22-20-32-24-15-12-11-14-23(22)24/h11-12,14-15,20-21,25-26,29,32,35H,3-10,13,16-19H2,1-2H3,(H,31,38)(H,33,36)(H,34,37)/t25-,26-,29-/m0/s1. The smallest absolute Gasteiger partial charge is 0.242 e. The molecule has 1 aliphatic rings. The van der Waals surface area contributed by atoms with Crippen molar-refractivity contribution in [1.82, 2.24) is 20.9 Å². The molecular formula is C30H46N4O4. The van der Waals surface area contributed by atoms with Gasteiger partial charge in [-0.1, -0.05) is 77.0 Å². The van der Waals surface area contributed by atoms with Gasteiger partial charge >= 0.3 is 0 Å². The predicted molar refractivity (Wildman–Crippen MR) is 151 cm³/mol. The molecule has 8 heteroatoms. The maximum Gasteiger partial charge on any atom is 0.242 e. The van der Waals surface area contributed by atoms with Crippen LogP contribution in [0.3, 0.4) is 0 Å². The number of para-hydroxylation sites is 1. The molecule has 38 heavy (non-hydrogen) atoms. The van der Waals surface area contributed by atoms with Gasteiger partial charge in [0, 0.05) is 30.1 Å². The molecule has 2 heterocycles. The number of rotatable bonds is 3. The van der Waals surface area contributed by atoms with E-state index in [2.05, 4.69) is 20.9 Å². The zero-order chi connectivity index (χ0) is 27.3. The Bertz CT molecular complexity index is 1030. The number of amides is 3. The fourth-order valence-corrected chi connectivity index (χ4v) is 5.17. The molecule has 1 aromatic heterocycles. The van der Waals surface area contributed by atoms with Gasteiger partial charge < -0.3 is 26.0 Å². The van der Waals surface area contributed by atoms with Crippen LogP contribution >= 0.6 is 0 Å². The molecule has 3 amide bonds. The first-order valence-electron chi connectivity index (χ1n) is 14.4. The van der Waals surface area contributed by atoms with Crippen molar-refractivity contribution in [3.63, 3.8) is 0 Å². The van der Waals surface area contributed by atoms with E-state index in [0.29, 0.717) is 19.4 Å². The average Bonchev–Trinajstić information content (AvgIpc) is 3.29. The number of carbonyl (C=O) groups is 3. The second kappa shape index (κ2) is 15.5. The first-order valence-corrected chi connectivity index (χ1v) is 14.4. The van der Waals surface area contributed by atoms with Crippen molar-refractivity contribution in [2.75, 3.05) is 6.54 Å². The van der Waals surface area contributed by atoms with Gasteiger partial charge in [-0.25, -0.2) is 0 Å². The van der Waals surface area contributed by atoms with Crippen molar-refractivity contribution in [2.45, 2.75) is 109 Å². The van der Waals surface area contributed by atoms with Crippen LogP contribution in [0.25, 0.3) is 10.9 Å². The number of carbonyl (C=O) groups excluding carboxylic acids is 3. The number of aromatic amines is 1. The molecule has 1 fully saturated rings. The van der Waals surface area contributed by atoms with Gasteiger partial charge in [0.2, 0.25) is 17.7 Å². The molecule has 0 radical (unpaired) electrons. The molecule has 3 rings (SSSR count). The normalized spacial score (nSPS) is 24.3. The summed E-state index contributed by atoms with van der Waals surface area (Å²) in [6.45, 7) is 4.38. The van der Waals surface area contributed by atoms with Gasteiger partial charge in [-0.2, -0.15) is 0 Å². The number of aliphatic hydroxyl groups excluding tert-OH is 1. The molecule has 0 saturated carbocycles. The van der Waals surface area contributed by atoms with Gasteiger partial charge in [-0.15, -0.1) is 0 Å². The first kappa shape index (κ1) is 29.7. The highest BCUT2D eigenvalue weighted by Crippen LogP contribution is 2.21. The first-order chi connectivity index (χ1) is 18.3. The van der Waals surface area contributed by atoms with E-state index in [4.69, 9.17) is 0 Å². The molecule has 0 spiro atoms. The fraction of sp³-hybridized carbons (Fsp3) is 0.633. The second-order valence-corrected chi connectivity index (χ2v) is 11.0. The van der Waals surface area contributed by atoms with E-state index in [9.17, 15) is 19.5 Å². The van der Waals surface area contributed by atoms with Gasteiger partial charge in [0.25, 0.3) is 0 Å². The molecule has 0 aliphatic carbocycles. The van der Waals surface area contributed by atoms with E-state index < -0.39 is 24.1 Å². The third-order valence-electron chi connectivity index (χ3n) is 7.47. The van der Waals surface area contributed by atoms with E-state index in [1.807, 2.05) is 44.3 Å². The lowest BCUT2D eigenvalue weighted by Crippen LogP contribution is -2.52. The number of hydrogen-bond donors (Lipinski definition) is 5. The molecule has 1 saturated heterocycles. The van der Waals surface area contributed by atoms with Crippen LogP contribution in [0.4, 0.5) is 0 Å². The molecule has 0 bridgehead atoms. The molecule has 0 unspecified atom stereocenters. The van der Waals surface area contributed by atoms with E-state index in [1.165, 1.54) is 19.3 Å². The van der Waals surface area contributed by atoms with Crippen LogP contribution in [0.15, 0.2) is 30.5 Å². The monoisotopic (exact) mass is 526 g/mol. The van der Waals surface area contributed by atoms with Crippen LogP contribution in [0, 0.1) is 5.92 Å². The van der Waals surface area contributed by atoms with E-state index >= 15 is 0 Å². The minimum Gasteiger partial charge on any atom is -0.390 e. The Morgan fingerprint density at radius 1 is 0.868 bits per heavy atom. The number of aliphatic hydroxyl groups is 1. The topological polar surface area (TPSA) is 123 Å². The number of nitrogens with one attached hydrogen (secondary N) is 4. The van der Waals surface area contributed by atoms with Crippen molar-refractivity contribution < 1.29 is 19.5 Å². The van der Waals surface area contributed by atoms with E-state index in [-0.39, 0.29) is 24.2 Å². The molecular weight excluding hydrogens is 480 g/mol. The number of hydrogen-bond acceptors (Lipinski definition) is 4. The van der Waals surface area contributed by atoms with Crippen LogP contribution in [0.1, 0.15) is 90.0 Å². The molecule has 1 aromatic carbocycles. The second-order valence-electron chi connectivity index (χ2n) is 11.0. The Hall–Kier alpha value is -2.87. The van der Waals surface area contributed by atoms with Crippen LogP contribution in [-0.2, 0) is 20.8 Å². The summed E-state index contributed by atoms with van der Waals surface area (Å²) >= 11 is 0. The number of benzene rings is 1. The third-order valence-corrected chi connectivity index (χ3v) is 7.47. The quantitative estimate of drug-likeness (QED) is 0.413. The maximum absolute atomic E-state index is 12.9. The van der Waals surface area contributed by atoms with Crippen molar-refractivity contribution in [3.8, 4) is 0 Å². The van der Waals surface area contributed by atoms with Crippen molar-refractivity contribution in [2.24, 2.45) is 5.92 Å². The lowest BCUT2D eigenvalue weighted by molar-refractivity contribution is -0.131. The van der Waals surface area contributed by atoms with Crippen molar-refractivity contribution >= 4 is 28.6 Å². The van der Waals surface area contributed by atoms with Gasteiger partial charge in [0.1, 0.15) is 6.04 Å². The summed E-state index contributed by atoms with van der Waals surface area (Å²) in [6.07, 6.45) is 11.0. The third kappa shape index (κ3) is 9.46. The molecule has 1 aliphatic heterocycles. The SMILES string of the molecule is CC(C)[C@@H]1NC(=O)C[C@H](O)[C@H](Cc2c[nH]c3ccccc23)NC(=O)CCCCCCCCCCCNC1=O. The summed E-state index contributed by atoms with van der Waals surface area (Å²) in [5, 5.41) is 20.9. The predicted octanol–water partition coefficient (Wildman–Crippen LogP) is 4.12. The molecule has 8 nitrogen and oxygen atoms in total. The van der Waals surface area contributed by atoms with Crippen LogP contribution in [0.2, 0.25) is 0 Å². The lowest BCUT2D eigenvalue weighted by Gasteiger charge is -2.26. The largest absolute Gasteiger partial charge is 0.390 e. The molecule has 5 N–H and O–H groups in total. The summed E-state index contributed by atoms with van der Waals surface area (Å²) in [7, 11) is 0. The fourth-order valence-electron chi connectivity index (χ4n) is 5.17. The average molecular weight is 527 g/mol. The Morgan fingerprint density at radius 2 is 1.53 bits per heavy atom. The summed E-state index contributed by atoms with van der Waals surface area (Å²) in [5.41, 5.74) is 1.95. The zero-order valence-electron chi connectivity index (χ0n) is 23.1. The van der Waals surface area contributed by atoms with Gasteiger partial charge in [-0.05, 0) is 36.8 Å². The Morgan fingerprint density at radius 3 is 2.24 bits per heavy atom. The number of aromatic nitrogens is 1. The van der Waals surface area contributed by atoms with Gasteiger partial charge in [0.05, 0.1) is 18.6 Å². The number of fused-ring (bicyclic) bond motifs is 1. The highest BCUT2D eigenvalue weighted by molar-refractivity contribution is 5.88. The Labute approximate surface area is 226 Å². The molecule has 3 atom stereocenters. The van der Waals surface area contributed by atoms with Crippen LogP contribution in [0.5, 0.6) is 0 Å². The number of H-pyrrole nitrogens is 1. The van der Waals surface area contributed by atoms with Gasteiger partial charge in [0.15, 0.2) is 0 Å². The minimum absolute atomic E-state index is 0.0978. The lowest BCUT2D eigenvalue weighted by atomic mass is 9.97. The highest BCUT2D eigenvalue weighted by atomic mass is 16.3. The minimum atomic E-state index is -1.10. The molecule has 2 aromatic rings. The Balaban J connectivity index is 1.72. The maximum atomic E-state index is 12.9. The summed E-state index contributed by atoms with van der Waals surface area (Å²) in [4.78, 5) is 41.8. The molecule has 210 valence electrons. The summed E-state index contributed by atoms with van der Waals surface area (Å²) < 4.78 is 0. The Kier molecular flexibility index (Phi) is 12.1. The highest BCUT2D eigenvalue weighted by Gasteiger charge is 2.28. The van der Waals surface area contributed by atoms with E-state index in [0.717, 1.165) is 55.0 Å². The van der Waals surface area contributed by atoms with E-state index in [1.54, 1.807) is 0 Å². The van der Waals surface area contributed by atoms with Crippen molar-refractivity contribution in [1.29, 1.82) is 0 Å². The van der Waals surface area contributed by atoms with Crippen molar-refractivity contribution in [3.05, 3.63) is 36.0 Å². The summed E-state index contributed by atoms with van der Waals surface area (Å²) in [6, 6.07) is 6.58. The summed E-state index contributed by atoms with van der Waals surface area (Å²) in [5.74, 6) is -0.813. The zero-order valence-corrected chi connectivity index (χ0v) is 23.1. The van der Waals surface area contributed by atoms with Crippen LogP contribution in [-0.4, -0.2) is 52.5 Å².